The summed E-state index contributed by atoms with van der Waals surface area (Å²) in [7, 11) is 0. The summed E-state index contributed by atoms with van der Waals surface area (Å²) in [5.74, 6) is -1.22. The smallest absolute Gasteiger partial charge is 0.321 e. The standard InChI is InChI=1S/C9H17NO7S/c10-3(8(15)16)2-18-9-7(14)6(13)5(12)4(1-11)17-9/h3-7,9,11-14H,1-2,10H2,(H,15,16)/t3-,4?,5?,6?,7?,9?/m0/s1. The maximum absolute atomic E-state index is 10.5. The number of carboxylic acids is 1. The second-order valence-corrected chi connectivity index (χ2v) is 5.11. The number of ether oxygens (including phenoxy) is 1. The van der Waals surface area contributed by atoms with Crippen molar-refractivity contribution in [1.29, 1.82) is 0 Å². The zero-order valence-electron chi connectivity index (χ0n) is 9.42. The Hall–Kier alpha value is -0.420. The van der Waals surface area contributed by atoms with Crippen molar-refractivity contribution in [3.05, 3.63) is 0 Å². The monoisotopic (exact) mass is 283 g/mol. The lowest BCUT2D eigenvalue weighted by atomic mass is 10.0. The van der Waals surface area contributed by atoms with Gasteiger partial charge in [0.2, 0.25) is 0 Å². The minimum atomic E-state index is -1.46. The number of nitrogens with two attached hydrogens (primary N) is 1. The Morgan fingerprint density at radius 3 is 2.39 bits per heavy atom. The summed E-state index contributed by atoms with van der Waals surface area (Å²) in [6.45, 7) is -0.521. The van der Waals surface area contributed by atoms with E-state index in [1.165, 1.54) is 0 Å². The Balaban J connectivity index is 2.56. The highest BCUT2D eigenvalue weighted by molar-refractivity contribution is 7.99. The molecule has 0 aromatic heterocycles. The molecule has 9 heteroatoms. The molecule has 18 heavy (non-hydrogen) atoms. The van der Waals surface area contributed by atoms with Gasteiger partial charge in [-0.15, -0.1) is 11.8 Å². The first-order valence-corrected chi connectivity index (χ1v) is 6.33. The zero-order chi connectivity index (χ0) is 13.9. The van der Waals surface area contributed by atoms with Crippen molar-refractivity contribution in [2.75, 3.05) is 12.4 Å². The lowest BCUT2D eigenvalue weighted by Gasteiger charge is -2.39. The first-order chi connectivity index (χ1) is 8.38. The summed E-state index contributed by atoms with van der Waals surface area (Å²) >= 11 is 0.907. The first-order valence-electron chi connectivity index (χ1n) is 5.29. The van der Waals surface area contributed by atoms with Crippen LogP contribution in [0.1, 0.15) is 0 Å². The summed E-state index contributed by atoms with van der Waals surface area (Å²) in [6.07, 6.45) is -5.26. The van der Waals surface area contributed by atoms with Crippen LogP contribution in [0.3, 0.4) is 0 Å². The fourth-order valence-corrected chi connectivity index (χ4v) is 2.59. The van der Waals surface area contributed by atoms with E-state index in [2.05, 4.69) is 0 Å². The van der Waals surface area contributed by atoms with Crippen molar-refractivity contribution in [3.8, 4) is 0 Å². The molecule has 1 saturated heterocycles. The van der Waals surface area contributed by atoms with E-state index < -0.39 is 48.5 Å². The van der Waals surface area contributed by atoms with Gasteiger partial charge in [0.25, 0.3) is 0 Å². The van der Waals surface area contributed by atoms with Gasteiger partial charge in [0, 0.05) is 5.75 Å². The molecular formula is C9H17NO7S. The average molecular weight is 283 g/mol. The van der Waals surface area contributed by atoms with E-state index in [9.17, 15) is 20.1 Å². The molecule has 0 amide bonds. The average Bonchev–Trinajstić information content (AvgIpc) is 2.34. The molecule has 0 aromatic rings. The number of aliphatic carboxylic acids is 1. The molecule has 1 rings (SSSR count). The van der Waals surface area contributed by atoms with E-state index in [0.717, 1.165) is 11.8 Å². The van der Waals surface area contributed by atoms with Crippen molar-refractivity contribution in [1.82, 2.24) is 0 Å². The highest BCUT2D eigenvalue weighted by Crippen LogP contribution is 2.28. The van der Waals surface area contributed by atoms with Crippen molar-refractivity contribution >= 4 is 17.7 Å². The number of rotatable bonds is 5. The minimum Gasteiger partial charge on any atom is -0.480 e. The Kier molecular flexibility index (Phi) is 5.79. The molecule has 106 valence electrons. The van der Waals surface area contributed by atoms with E-state index in [1.807, 2.05) is 0 Å². The third kappa shape index (κ3) is 3.54. The Morgan fingerprint density at radius 1 is 1.28 bits per heavy atom. The molecular weight excluding hydrogens is 266 g/mol. The summed E-state index contributed by atoms with van der Waals surface area (Å²) in [6, 6.07) is -1.12. The topological polar surface area (TPSA) is 153 Å². The number of carboxylic acid groups (broad SMARTS) is 1. The van der Waals surface area contributed by atoms with Gasteiger partial charge in [-0.3, -0.25) is 4.79 Å². The molecule has 6 atom stereocenters. The van der Waals surface area contributed by atoms with Gasteiger partial charge < -0.3 is 36.0 Å². The van der Waals surface area contributed by atoms with Gasteiger partial charge in [-0.2, -0.15) is 0 Å². The van der Waals surface area contributed by atoms with Gasteiger partial charge in [0.15, 0.2) is 0 Å². The summed E-state index contributed by atoms with van der Waals surface area (Å²) in [5.41, 5.74) is 4.34. The van der Waals surface area contributed by atoms with Crippen molar-refractivity contribution in [3.63, 3.8) is 0 Å². The van der Waals surface area contributed by atoms with Crippen LogP contribution in [-0.2, 0) is 9.53 Å². The van der Waals surface area contributed by atoms with Crippen LogP contribution in [-0.4, -0.2) is 79.8 Å². The third-order valence-electron chi connectivity index (χ3n) is 2.61. The van der Waals surface area contributed by atoms with Gasteiger partial charge >= 0.3 is 5.97 Å². The molecule has 0 bridgehead atoms. The molecule has 5 unspecified atom stereocenters. The van der Waals surface area contributed by atoms with Crippen LogP contribution in [0.4, 0.5) is 0 Å². The highest BCUT2D eigenvalue weighted by Gasteiger charge is 2.43. The SMILES string of the molecule is N[C@@H](CSC1OC(CO)C(O)C(O)C1O)C(=O)O. The normalized spacial score (nSPS) is 38.4. The van der Waals surface area contributed by atoms with Crippen molar-refractivity contribution in [2.45, 2.75) is 35.9 Å². The van der Waals surface area contributed by atoms with Gasteiger partial charge in [-0.1, -0.05) is 0 Å². The number of aliphatic hydroxyl groups is 4. The van der Waals surface area contributed by atoms with Crippen LogP contribution in [0.15, 0.2) is 0 Å². The number of carbonyl (C=O) groups is 1. The summed E-state index contributed by atoms with van der Waals surface area (Å²) in [4.78, 5) is 10.5. The fraction of sp³-hybridized carbons (Fsp3) is 0.889. The number of aliphatic hydroxyl groups excluding tert-OH is 4. The lowest BCUT2D eigenvalue weighted by Crippen LogP contribution is -2.57. The van der Waals surface area contributed by atoms with E-state index in [-0.39, 0.29) is 5.75 Å². The molecule has 1 fully saturated rings. The predicted molar refractivity (Wildman–Crippen MR) is 61.8 cm³/mol. The maximum atomic E-state index is 10.5. The Labute approximate surface area is 107 Å². The van der Waals surface area contributed by atoms with Crippen LogP contribution < -0.4 is 5.73 Å². The highest BCUT2D eigenvalue weighted by atomic mass is 32.2. The molecule has 1 heterocycles. The minimum absolute atomic E-state index is 0.0297. The molecule has 0 aliphatic carbocycles. The van der Waals surface area contributed by atoms with Crippen LogP contribution >= 0.6 is 11.8 Å². The Morgan fingerprint density at radius 2 is 1.89 bits per heavy atom. The summed E-state index contributed by atoms with van der Waals surface area (Å²) in [5, 5.41) is 46.2. The molecule has 0 aromatic carbocycles. The van der Waals surface area contributed by atoms with E-state index in [0.29, 0.717) is 0 Å². The van der Waals surface area contributed by atoms with Gasteiger partial charge in [0.05, 0.1) is 6.61 Å². The van der Waals surface area contributed by atoms with Crippen LogP contribution in [0.25, 0.3) is 0 Å². The largest absolute Gasteiger partial charge is 0.480 e. The van der Waals surface area contributed by atoms with Crippen molar-refractivity contribution < 1.29 is 35.1 Å². The Bertz CT molecular complexity index is 290. The molecule has 0 spiro atoms. The summed E-state index contributed by atoms with van der Waals surface area (Å²) < 4.78 is 5.17. The molecule has 1 aliphatic heterocycles. The quantitative estimate of drug-likeness (QED) is 0.308. The van der Waals surface area contributed by atoms with E-state index in [4.69, 9.17) is 20.7 Å². The van der Waals surface area contributed by atoms with E-state index in [1.54, 1.807) is 0 Å². The molecule has 1 aliphatic rings. The number of hydrogen-bond donors (Lipinski definition) is 6. The zero-order valence-corrected chi connectivity index (χ0v) is 10.2. The predicted octanol–water partition coefficient (Wildman–Crippen LogP) is -3.07. The molecule has 0 saturated carbocycles. The number of hydrogen-bond acceptors (Lipinski definition) is 8. The van der Waals surface area contributed by atoms with Gasteiger partial charge in [0.1, 0.15) is 35.9 Å². The maximum Gasteiger partial charge on any atom is 0.321 e. The fourth-order valence-electron chi connectivity index (χ4n) is 1.47. The van der Waals surface area contributed by atoms with E-state index >= 15 is 0 Å². The van der Waals surface area contributed by atoms with Crippen LogP contribution in [0.5, 0.6) is 0 Å². The molecule has 7 N–H and O–H groups in total. The molecule has 8 nitrogen and oxygen atoms in total. The van der Waals surface area contributed by atoms with Crippen molar-refractivity contribution in [2.24, 2.45) is 5.73 Å². The van der Waals surface area contributed by atoms with Crippen LogP contribution in [0.2, 0.25) is 0 Å². The first kappa shape index (κ1) is 15.6. The molecule has 0 radical (unpaired) electrons. The third-order valence-corrected chi connectivity index (χ3v) is 3.88. The van der Waals surface area contributed by atoms with Gasteiger partial charge in [-0.05, 0) is 0 Å². The van der Waals surface area contributed by atoms with Gasteiger partial charge in [-0.25, -0.2) is 0 Å². The second kappa shape index (κ2) is 6.66. The van der Waals surface area contributed by atoms with Crippen LogP contribution in [0, 0.1) is 0 Å². The number of thioether (sulfide) groups is 1. The second-order valence-electron chi connectivity index (χ2n) is 3.98. The lowest BCUT2D eigenvalue weighted by molar-refractivity contribution is -0.205.